The van der Waals surface area contributed by atoms with Gasteiger partial charge in [0.15, 0.2) is 0 Å². The molecule has 1 heterocycles. The average Bonchev–Trinajstić information content (AvgIpc) is 2.77. The highest BCUT2D eigenvalue weighted by atomic mass is 19.1. The van der Waals surface area contributed by atoms with Crippen LogP contribution in [-0.4, -0.2) is 36.7 Å². The summed E-state index contributed by atoms with van der Waals surface area (Å²) < 4.78 is 14.6. The maximum absolute atomic E-state index is 14.6. The number of carbonyl (C=O) groups excluding carboxylic acids is 2. The lowest BCUT2D eigenvalue weighted by molar-refractivity contribution is -0.122. The molecular weight excluding hydrogens is 371 g/mol. The predicted molar refractivity (Wildman–Crippen MR) is 113 cm³/mol. The molecule has 3 N–H and O–H groups in total. The maximum atomic E-state index is 14.6. The Morgan fingerprint density at radius 1 is 1.24 bits per heavy atom. The summed E-state index contributed by atoms with van der Waals surface area (Å²) in [7, 11) is 1.66. The minimum absolute atomic E-state index is 0.210. The van der Waals surface area contributed by atoms with Crippen molar-refractivity contribution in [2.45, 2.75) is 26.3 Å². The van der Waals surface area contributed by atoms with Gasteiger partial charge >= 0.3 is 0 Å². The molecule has 6 nitrogen and oxygen atoms in total. The van der Waals surface area contributed by atoms with Crippen LogP contribution in [0.1, 0.15) is 31.9 Å². The molecule has 0 saturated carbocycles. The number of benzene rings is 2. The second kappa shape index (κ2) is 7.75. The number of fused-ring (bicyclic) bond motifs is 1. The molecule has 3 rings (SSSR count). The monoisotopic (exact) mass is 396 g/mol. The Balaban J connectivity index is 2.20. The van der Waals surface area contributed by atoms with Crippen LogP contribution in [0.4, 0.5) is 15.8 Å². The first-order valence-corrected chi connectivity index (χ1v) is 9.44. The summed E-state index contributed by atoms with van der Waals surface area (Å²) in [5, 5.41) is 2.83. The van der Waals surface area contributed by atoms with Gasteiger partial charge in [-0.05, 0) is 44.2 Å². The fraction of sp³-hybridized carbons (Fsp3) is 0.318. The lowest BCUT2D eigenvalue weighted by atomic mass is 9.98. The minimum atomic E-state index is -1.08. The number of nitrogens with two attached hydrogens (primary N) is 1. The maximum Gasteiger partial charge on any atom is 0.254 e. The summed E-state index contributed by atoms with van der Waals surface area (Å²) >= 11 is 0. The molecule has 1 aliphatic rings. The molecule has 2 aromatic carbocycles. The summed E-state index contributed by atoms with van der Waals surface area (Å²) in [4.78, 5) is 31.3. The topological polar surface area (TPSA) is 87.8 Å². The molecule has 1 unspecified atom stereocenters. The molecule has 1 atom stereocenters. The number of amides is 2. The van der Waals surface area contributed by atoms with Crippen LogP contribution in [0.3, 0.4) is 0 Å². The lowest BCUT2D eigenvalue weighted by Gasteiger charge is -2.24. The Kier molecular flexibility index (Phi) is 5.53. The molecule has 2 aromatic rings. The van der Waals surface area contributed by atoms with E-state index in [1.807, 2.05) is 0 Å². The third-order valence-electron chi connectivity index (χ3n) is 5.03. The first-order chi connectivity index (χ1) is 13.7. The summed E-state index contributed by atoms with van der Waals surface area (Å²) in [6.07, 6.45) is 0. The molecule has 0 spiro atoms. The van der Waals surface area contributed by atoms with Crippen molar-refractivity contribution >= 4 is 28.9 Å². The van der Waals surface area contributed by atoms with Crippen LogP contribution in [0.15, 0.2) is 47.5 Å². The van der Waals surface area contributed by atoms with Crippen molar-refractivity contribution in [3.05, 3.63) is 59.4 Å². The van der Waals surface area contributed by atoms with Gasteiger partial charge in [-0.15, -0.1) is 0 Å². The molecule has 0 fully saturated rings. The van der Waals surface area contributed by atoms with Gasteiger partial charge in [0.1, 0.15) is 11.4 Å². The molecular formula is C22H25FN4O2. The van der Waals surface area contributed by atoms with Crippen LogP contribution < -0.4 is 16.0 Å². The van der Waals surface area contributed by atoms with Crippen LogP contribution in [-0.2, 0) is 9.59 Å². The number of nitrogens with zero attached hydrogens (tertiary/aromatic N) is 2. The van der Waals surface area contributed by atoms with Gasteiger partial charge in [-0.25, -0.2) is 4.39 Å². The highest BCUT2D eigenvalue weighted by molar-refractivity contribution is 6.21. The van der Waals surface area contributed by atoms with E-state index in [9.17, 15) is 14.0 Å². The van der Waals surface area contributed by atoms with Crippen molar-refractivity contribution in [1.82, 2.24) is 0 Å². The standard InChI is InChI=1S/C22H25FN4O2/c1-13(12-24)20(28)25-14-9-10-18-16(11-14)19(15-7-5-6-8-17(15)23)26-22(2,3)21(29)27(18)4/h5-11,13H,12,24H2,1-4H3,(H,25,28). The van der Waals surface area contributed by atoms with Gasteiger partial charge in [0.05, 0.1) is 11.4 Å². The van der Waals surface area contributed by atoms with E-state index in [0.717, 1.165) is 0 Å². The van der Waals surface area contributed by atoms with Crippen LogP contribution in [0.5, 0.6) is 0 Å². The Hall–Kier alpha value is -3.06. The molecule has 1 aliphatic heterocycles. The van der Waals surface area contributed by atoms with E-state index in [1.165, 1.54) is 11.0 Å². The number of likely N-dealkylation sites (N-methyl/N-ethyl adjacent to an activating group) is 1. The van der Waals surface area contributed by atoms with E-state index < -0.39 is 11.4 Å². The Bertz CT molecular complexity index is 1000. The Labute approximate surface area is 169 Å². The molecule has 0 aliphatic carbocycles. The van der Waals surface area contributed by atoms with Crippen molar-refractivity contribution < 1.29 is 14.0 Å². The first-order valence-electron chi connectivity index (χ1n) is 9.44. The van der Waals surface area contributed by atoms with Crippen molar-refractivity contribution in [2.24, 2.45) is 16.6 Å². The zero-order valence-electron chi connectivity index (χ0n) is 17.0. The van der Waals surface area contributed by atoms with E-state index in [1.54, 1.807) is 64.2 Å². The highest BCUT2D eigenvalue weighted by Crippen LogP contribution is 2.33. The third-order valence-corrected chi connectivity index (χ3v) is 5.03. The second-order valence-corrected chi connectivity index (χ2v) is 7.72. The zero-order chi connectivity index (χ0) is 21.3. The molecule has 0 aromatic heterocycles. The van der Waals surface area contributed by atoms with Crippen LogP contribution in [0.2, 0.25) is 0 Å². The van der Waals surface area contributed by atoms with Crippen LogP contribution in [0.25, 0.3) is 0 Å². The van der Waals surface area contributed by atoms with E-state index in [0.29, 0.717) is 28.2 Å². The van der Waals surface area contributed by atoms with Gasteiger partial charge in [0, 0.05) is 36.3 Å². The molecule has 0 radical (unpaired) electrons. The molecule has 0 saturated heterocycles. The number of nitrogens with one attached hydrogen (secondary N) is 1. The summed E-state index contributed by atoms with van der Waals surface area (Å²) in [5.74, 6) is -1.21. The van der Waals surface area contributed by atoms with E-state index in [4.69, 9.17) is 5.73 Å². The van der Waals surface area contributed by atoms with Gasteiger partial charge < -0.3 is 16.0 Å². The van der Waals surface area contributed by atoms with Crippen molar-refractivity contribution in [3.63, 3.8) is 0 Å². The SMILES string of the molecule is CC(CN)C(=O)Nc1ccc2c(c1)C(c1ccccc1F)=NC(C)(C)C(=O)N2C. The van der Waals surface area contributed by atoms with Crippen molar-refractivity contribution in [1.29, 1.82) is 0 Å². The van der Waals surface area contributed by atoms with Crippen molar-refractivity contribution in [2.75, 3.05) is 23.8 Å². The van der Waals surface area contributed by atoms with E-state index >= 15 is 0 Å². The minimum Gasteiger partial charge on any atom is -0.330 e. The number of benzodiazepines with no additional fused rings is 1. The highest BCUT2D eigenvalue weighted by Gasteiger charge is 2.36. The normalized spacial score (nSPS) is 16.6. The number of hydrogen-bond acceptors (Lipinski definition) is 4. The van der Waals surface area contributed by atoms with Gasteiger partial charge in [-0.1, -0.05) is 19.1 Å². The number of hydrogen-bond donors (Lipinski definition) is 2. The number of anilines is 2. The zero-order valence-corrected chi connectivity index (χ0v) is 17.0. The first kappa shape index (κ1) is 20.7. The number of aliphatic imine (C=N–C) groups is 1. The fourth-order valence-electron chi connectivity index (χ4n) is 3.23. The third kappa shape index (κ3) is 3.91. The number of rotatable bonds is 4. The molecule has 29 heavy (non-hydrogen) atoms. The van der Waals surface area contributed by atoms with Gasteiger partial charge in [-0.3, -0.25) is 14.6 Å². The predicted octanol–water partition coefficient (Wildman–Crippen LogP) is 2.95. The van der Waals surface area contributed by atoms with Gasteiger partial charge in [-0.2, -0.15) is 0 Å². The molecule has 0 bridgehead atoms. The summed E-state index contributed by atoms with van der Waals surface area (Å²) in [6, 6.07) is 11.5. The van der Waals surface area contributed by atoms with Crippen LogP contribution in [0, 0.1) is 11.7 Å². The van der Waals surface area contributed by atoms with E-state index in [-0.39, 0.29) is 24.3 Å². The summed E-state index contributed by atoms with van der Waals surface area (Å²) in [6.45, 7) is 5.36. The molecule has 152 valence electrons. The Morgan fingerprint density at radius 2 is 1.93 bits per heavy atom. The average molecular weight is 396 g/mol. The molecule has 2 amide bonds. The number of carbonyl (C=O) groups is 2. The van der Waals surface area contributed by atoms with Gasteiger partial charge in [0.25, 0.3) is 5.91 Å². The Morgan fingerprint density at radius 3 is 2.59 bits per heavy atom. The molecule has 7 heteroatoms. The van der Waals surface area contributed by atoms with Crippen LogP contribution >= 0.6 is 0 Å². The largest absolute Gasteiger partial charge is 0.330 e. The van der Waals surface area contributed by atoms with Gasteiger partial charge in [0.2, 0.25) is 5.91 Å². The van der Waals surface area contributed by atoms with E-state index in [2.05, 4.69) is 10.3 Å². The number of halogens is 1. The smallest absolute Gasteiger partial charge is 0.254 e. The quantitative estimate of drug-likeness (QED) is 0.833. The van der Waals surface area contributed by atoms with Crippen molar-refractivity contribution in [3.8, 4) is 0 Å². The lowest BCUT2D eigenvalue weighted by Crippen LogP contribution is -2.41. The summed E-state index contributed by atoms with van der Waals surface area (Å²) in [5.41, 5.74) is 6.83. The second-order valence-electron chi connectivity index (χ2n) is 7.72. The fourth-order valence-corrected chi connectivity index (χ4v) is 3.23.